The molecule has 0 radical (unpaired) electrons. The van der Waals surface area contributed by atoms with Gasteiger partial charge in [0, 0.05) is 26.7 Å². The Balaban J connectivity index is 1.89. The third kappa shape index (κ3) is 3.33. The molecule has 1 atom stereocenters. The van der Waals surface area contributed by atoms with Gasteiger partial charge in [-0.05, 0) is 24.4 Å². The zero-order valence-electron chi connectivity index (χ0n) is 11.3. The van der Waals surface area contributed by atoms with Gasteiger partial charge in [0.2, 0.25) is 5.91 Å². The fraction of sp³-hybridized carbons (Fsp3) is 0.538. The zero-order chi connectivity index (χ0) is 13.8. The molecule has 104 valence electrons. The van der Waals surface area contributed by atoms with E-state index < -0.39 is 0 Å². The standard InChI is InChI=1S/C13H19N3O2S/c1-15(13(18)11-4-3-7-19-11)9-12(17)16(2)10-5-6-14-8-10/h3-4,7,10,14H,5-6,8-9H2,1-2H3. The maximum absolute atomic E-state index is 12.1. The van der Waals surface area contributed by atoms with Crippen molar-refractivity contribution in [3.8, 4) is 0 Å². The highest BCUT2D eigenvalue weighted by Crippen LogP contribution is 2.12. The van der Waals surface area contributed by atoms with Crippen LogP contribution in [0, 0.1) is 0 Å². The van der Waals surface area contributed by atoms with Crippen molar-refractivity contribution >= 4 is 23.2 Å². The molecule has 0 aliphatic carbocycles. The van der Waals surface area contributed by atoms with Gasteiger partial charge >= 0.3 is 0 Å². The van der Waals surface area contributed by atoms with Crippen molar-refractivity contribution < 1.29 is 9.59 Å². The summed E-state index contributed by atoms with van der Waals surface area (Å²) in [6.45, 7) is 1.92. The molecule has 5 nitrogen and oxygen atoms in total. The fourth-order valence-electron chi connectivity index (χ4n) is 2.15. The van der Waals surface area contributed by atoms with E-state index in [4.69, 9.17) is 0 Å². The molecular formula is C13H19N3O2S. The van der Waals surface area contributed by atoms with Gasteiger partial charge in [0.1, 0.15) is 0 Å². The molecule has 6 heteroatoms. The number of carbonyl (C=O) groups excluding carboxylic acids is 2. The van der Waals surface area contributed by atoms with E-state index in [1.54, 1.807) is 18.0 Å². The summed E-state index contributed by atoms with van der Waals surface area (Å²) in [5.74, 6) is -0.109. The average Bonchev–Trinajstić information content (AvgIpc) is 3.09. The SMILES string of the molecule is CN(CC(=O)N(C)C1CCNC1)C(=O)c1cccs1. The van der Waals surface area contributed by atoms with Gasteiger partial charge in [0.15, 0.2) is 0 Å². The smallest absolute Gasteiger partial charge is 0.264 e. The molecule has 0 saturated carbocycles. The Morgan fingerprint density at radius 3 is 2.84 bits per heavy atom. The number of carbonyl (C=O) groups is 2. The van der Waals surface area contributed by atoms with Crippen molar-refractivity contribution in [3.05, 3.63) is 22.4 Å². The van der Waals surface area contributed by atoms with Crippen LogP contribution in [0.3, 0.4) is 0 Å². The Kier molecular flexibility index (Phi) is 4.55. The van der Waals surface area contributed by atoms with Crippen LogP contribution in [-0.4, -0.2) is 61.4 Å². The number of thiophene rings is 1. The van der Waals surface area contributed by atoms with Gasteiger partial charge in [-0.2, -0.15) is 0 Å². The van der Waals surface area contributed by atoms with E-state index >= 15 is 0 Å². The number of nitrogens with one attached hydrogen (secondary N) is 1. The van der Waals surface area contributed by atoms with E-state index in [1.807, 2.05) is 18.5 Å². The second-order valence-electron chi connectivity index (χ2n) is 4.79. The lowest BCUT2D eigenvalue weighted by Crippen LogP contribution is -2.44. The average molecular weight is 281 g/mol. The molecular weight excluding hydrogens is 262 g/mol. The normalized spacial score (nSPS) is 18.3. The van der Waals surface area contributed by atoms with Crippen LogP contribution in [0.25, 0.3) is 0 Å². The Bertz CT molecular complexity index is 441. The first kappa shape index (κ1) is 14.0. The molecule has 0 spiro atoms. The lowest BCUT2D eigenvalue weighted by atomic mass is 10.2. The van der Waals surface area contributed by atoms with Gasteiger partial charge in [0.05, 0.1) is 11.4 Å². The predicted octanol–water partition coefficient (Wildman–Crippen LogP) is 0.640. The van der Waals surface area contributed by atoms with E-state index in [-0.39, 0.29) is 24.4 Å². The highest BCUT2D eigenvalue weighted by atomic mass is 32.1. The van der Waals surface area contributed by atoms with E-state index in [0.717, 1.165) is 19.5 Å². The molecule has 1 aliphatic rings. The summed E-state index contributed by atoms with van der Waals surface area (Å²) in [7, 11) is 3.48. The molecule has 1 aromatic heterocycles. The number of hydrogen-bond acceptors (Lipinski definition) is 4. The summed E-state index contributed by atoms with van der Waals surface area (Å²) in [5, 5.41) is 5.09. The minimum absolute atomic E-state index is 0.0129. The van der Waals surface area contributed by atoms with Crippen molar-refractivity contribution in [1.29, 1.82) is 0 Å². The van der Waals surface area contributed by atoms with Crippen LogP contribution >= 0.6 is 11.3 Å². The van der Waals surface area contributed by atoms with Crippen LogP contribution in [0.5, 0.6) is 0 Å². The molecule has 0 bridgehead atoms. The van der Waals surface area contributed by atoms with Crippen LogP contribution in [0.1, 0.15) is 16.1 Å². The molecule has 1 fully saturated rings. The Labute approximate surface area is 117 Å². The lowest BCUT2D eigenvalue weighted by Gasteiger charge is -2.26. The van der Waals surface area contributed by atoms with Gasteiger partial charge in [0.25, 0.3) is 5.91 Å². The first-order valence-electron chi connectivity index (χ1n) is 6.35. The largest absolute Gasteiger partial charge is 0.340 e. The molecule has 2 amide bonds. The summed E-state index contributed by atoms with van der Waals surface area (Å²) in [6.07, 6.45) is 0.977. The molecule has 1 saturated heterocycles. The first-order valence-corrected chi connectivity index (χ1v) is 7.23. The number of hydrogen-bond donors (Lipinski definition) is 1. The van der Waals surface area contributed by atoms with Crippen molar-refractivity contribution in [2.75, 3.05) is 33.7 Å². The topological polar surface area (TPSA) is 52.7 Å². The highest BCUT2D eigenvalue weighted by Gasteiger charge is 2.25. The Morgan fingerprint density at radius 1 is 1.47 bits per heavy atom. The van der Waals surface area contributed by atoms with Crippen LogP contribution < -0.4 is 5.32 Å². The van der Waals surface area contributed by atoms with Gasteiger partial charge in [-0.1, -0.05) is 6.07 Å². The summed E-state index contributed by atoms with van der Waals surface area (Å²) in [4.78, 5) is 28.1. The second kappa shape index (κ2) is 6.16. The third-order valence-corrected chi connectivity index (χ3v) is 4.28. The van der Waals surface area contributed by atoms with Crippen molar-refractivity contribution in [2.45, 2.75) is 12.5 Å². The quantitative estimate of drug-likeness (QED) is 0.881. The van der Waals surface area contributed by atoms with E-state index in [2.05, 4.69) is 5.32 Å². The monoisotopic (exact) mass is 281 g/mol. The van der Waals surface area contributed by atoms with E-state index in [9.17, 15) is 9.59 Å². The van der Waals surface area contributed by atoms with Gasteiger partial charge in [-0.3, -0.25) is 9.59 Å². The maximum Gasteiger partial charge on any atom is 0.264 e. The number of nitrogens with zero attached hydrogens (tertiary/aromatic N) is 2. The van der Waals surface area contributed by atoms with Crippen molar-refractivity contribution in [2.24, 2.45) is 0 Å². The molecule has 2 rings (SSSR count). The first-order chi connectivity index (χ1) is 9.09. The highest BCUT2D eigenvalue weighted by molar-refractivity contribution is 7.12. The van der Waals surface area contributed by atoms with Crippen molar-refractivity contribution in [1.82, 2.24) is 15.1 Å². The summed E-state index contributed by atoms with van der Waals surface area (Å²) >= 11 is 1.39. The number of rotatable bonds is 4. The zero-order valence-corrected chi connectivity index (χ0v) is 12.1. The van der Waals surface area contributed by atoms with Crippen LogP contribution in [0.4, 0.5) is 0 Å². The van der Waals surface area contributed by atoms with Gasteiger partial charge in [-0.15, -0.1) is 11.3 Å². The Hall–Kier alpha value is -1.40. The maximum atomic E-state index is 12.1. The molecule has 1 N–H and O–H groups in total. The van der Waals surface area contributed by atoms with E-state index in [1.165, 1.54) is 16.2 Å². The summed E-state index contributed by atoms with van der Waals surface area (Å²) in [5.41, 5.74) is 0. The molecule has 1 aromatic rings. The second-order valence-corrected chi connectivity index (χ2v) is 5.74. The Morgan fingerprint density at radius 2 is 2.26 bits per heavy atom. The van der Waals surface area contributed by atoms with Crippen LogP contribution in [0.15, 0.2) is 17.5 Å². The molecule has 1 aliphatic heterocycles. The molecule has 2 heterocycles. The molecule has 19 heavy (non-hydrogen) atoms. The van der Waals surface area contributed by atoms with E-state index in [0.29, 0.717) is 4.88 Å². The van der Waals surface area contributed by atoms with Gasteiger partial charge in [-0.25, -0.2) is 0 Å². The fourth-order valence-corrected chi connectivity index (χ4v) is 2.87. The molecule has 1 unspecified atom stereocenters. The lowest BCUT2D eigenvalue weighted by molar-refractivity contribution is -0.132. The predicted molar refractivity (Wildman–Crippen MR) is 75.3 cm³/mol. The van der Waals surface area contributed by atoms with Crippen molar-refractivity contribution in [3.63, 3.8) is 0 Å². The summed E-state index contributed by atoms with van der Waals surface area (Å²) in [6, 6.07) is 3.86. The number of likely N-dealkylation sites (N-methyl/N-ethyl adjacent to an activating group) is 2. The van der Waals surface area contributed by atoms with Crippen LogP contribution in [0.2, 0.25) is 0 Å². The number of amides is 2. The minimum atomic E-state index is -0.0960. The van der Waals surface area contributed by atoms with Gasteiger partial charge < -0.3 is 15.1 Å². The van der Waals surface area contributed by atoms with Crippen LogP contribution in [-0.2, 0) is 4.79 Å². The minimum Gasteiger partial charge on any atom is -0.340 e. The molecule has 0 aromatic carbocycles. The third-order valence-electron chi connectivity index (χ3n) is 3.43. The summed E-state index contributed by atoms with van der Waals surface area (Å²) < 4.78 is 0.